The minimum absolute atomic E-state index is 0.134. The average molecular weight is 247 g/mol. The molecule has 1 aromatic heterocycles. The van der Waals surface area contributed by atoms with Crippen molar-refractivity contribution in [2.75, 3.05) is 6.61 Å². The van der Waals surface area contributed by atoms with E-state index < -0.39 is 5.97 Å². The first-order valence-corrected chi connectivity index (χ1v) is 5.93. The number of carbonyl (C=O) groups is 1. The molecule has 1 aromatic rings. The highest BCUT2D eigenvalue weighted by molar-refractivity contribution is 7.16. The van der Waals surface area contributed by atoms with Gasteiger partial charge in [-0.15, -0.1) is 11.3 Å². The molecule has 5 heteroatoms. The van der Waals surface area contributed by atoms with Crippen LogP contribution in [0.5, 0.6) is 0 Å². The highest BCUT2D eigenvalue weighted by atomic mass is 35.5. The molecule has 2 rings (SSSR count). The fraction of sp³-hybridized carbons (Fsp3) is 0.500. The quantitative estimate of drug-likeness (QED) is 0.889. The van der Waals surface area contributed by atoms with Crippen LogP contribution in [-0.2, 0) is 15.1 Å². The van der Waals surface area contributed by atoms with Gasteiger partial charge in [0.05, 0.1) is 10.9 Å². The van der Waals surface area contributed by atoms with Crippen molar-refractivity contribution in [2.24, 2.45) is 0 Å². The summed E-state index contributed by atoms with van der Waals surface area (Å²) in [6.45, 7) is 0.704. The second kappa shape index (κ2) is 4.12. The van der Waals surface area contributed by atoms with Crippen LogP contribution in [0, 0.1) is 0 Å². The summed E-state index contributed by atoms with van der Waals surface area (Å²) in [6.07, 6.45) is 1.55. The van der Waals surface area contributed by atoms with Crippen LogP contribution in [0.3, 0.4) is 0 Å². The molecule has 1 saturated heterocycles. The predicted molar refractivity (Wildman–Crippen MR) is 58.4 cm³/mol. The Bertz CT molecular complexity index is 370. The summed E-state index contributed by atoms with van der Waals surface area (Å²) in [5.74, 6) is -0.785. The summed E-state index contributed by atoms with van der Waals surface area (Å²) in [5, 5.41) is 8.67. The molecule has 2 heterocycles. The molecule has 3 nitrogen and oxygen atoms in total. The monoisotopic (exact) mass is 246 g/mol. The van der Waals surface area contributed by atoms with Crippen molar-refractivity contribution in [3.8, 4) is 0 Å². The van der Waals surface area contributed by atoms with Crippen molar-refractivity contribution in [3.63, 3.8) is 0 Å². The Morgan fingerprint density at radius 2 is 2.40 bits per heavy atom. The number of aliphatic carboxylic acids is 1. The molecule has 15 heavy (non-hydrogen) atoms. The molecule has 0 spiro atoms. The average Bonchev–Trinajstić information content (AvgIpc) is 2.50. The van der Waals surface area contributed by atoms with Gasteiger partial charge >= 0.3 is 5.97 Å². The zero-order chi connectivity index (χ0) is 10.9. The second-order valence-corrected chi connectivity index (χ2v) is 5.31. The van der Waals surface area contributed by atoms with Gasteiger partial charge in [0.1, 0.15) is 5.60 Å². The van der Waals surface area contributed by atoms with Crippen LogP contribution in [0.1, 0.15) is 24.1 Å². The number of halogens is 1. The number of thiophene rings is 1. The summed E-state index contributed by atoms with van der Waals surface area (Å²) in [4.78, 5) is 11.6. The van der Waals surface area contributed by atoms with E-state index in [0.717, 1.165) is 15.6 Å². The molecule has 82 valence electrons. The molecule has 1 unspecified atom stereocenters. The maximum Gasteiger partial charge on any atom is 0.303 e. The van der Waals surface area contributed by atoms with Crippen molar-refractivity contribution in [1.82, 2.24) is 0 Å². The molecule has 1 fully saturated rings. The zero-order valence-electron chi connectivity index (χ0n) is 8.03. The van der Waals surface area contributed by atoms with Crippen molar-refractivity contribution in [3.05, 3.63) is 21.3 Å². The standard InChI is InChI=1S/C10H11ClO3S/c11-8-2-1-7(15-8)10(5-6-14-10)4-3-9(12)13/h1-2H,3-6H2,(H,12,13). The largest absolute Gasteiger partial charge is 0.481 e. The summed E-state index contributed by atoms with van der Waals surface area (Å²) in [6, 6.07) is 3.75. The summed E-state index contributed by atoms with van der Waals surface area (Å²) in [5.41, 5.74) is -0.379. The van der Waals surface area contributed by atoms with Gasteiger partial charge in [0, 0.05) is 17.7 Å². The van der Waals surface area contributed by atoms with Crippen LogP contribution in [0.4, 0.5) is 0 Å². The van der Waals surface area contributed by atoms with E-state index >= 15 is 0 Å². The molecule has 0 radical (unpaired) electrons. The highest BCUT2D eigenvalue weighted by Crippen LogP contribution is 2.45. The topological polar surface area (TPSA) is 46.5 Å². The van der Waals surface area contributed by atoms with E-state index in [9.17, 15) is 4.79 Å². The van der Waals surface area contributed by atoms with E-state index in [2.05, 4.69) is 0 Å². The Kier molecular flexibility index (Phi) is 3.00. The fourth-order valence-electron chi connectivity index (χ4n) is 1.73. The molecule has 0 aromatic carbocycles. The van der Waals surface area contributed by atoms with Gasteiger partial charge in [-0.25, -0.2) is 0 Å². The second-order valence-electron chi connectivity index (χ2n) is 3.59. The van der Waals surface area contributed by atoms with Gasteiger partial charge in [-0.2, -0.15) is 0 Å². The lowest BCUT2D eigenvalue weighted by Crippen LogP contribution is -2.40. The van der Waals surface area contributed by atoms with E-state index in [-0.39, 0.29) is 12.0 Å². The number of carboxylic acids is 1. The van der Waals surface area contributed by atoms with Crippen molar-refractivity contribution in [2.45, 2.75) is 24.9 Å². The van der Waals surface area contributed by atoms with Crippen LogP contribution in [0.15, 0.2) is 12.1 Å². The lowest BCUT2D eigenvalue weighted by atomic mass is 9.88. The van der Waals surface area contributed by atoms with Crippen LogP contribution in [0.25, 0.3) is 0 Å². The Hall–Kier alpha value is -0.580. The highest BCUT2D eigenvalue weighted by Gasteiger charge is 2.41. The first kappa shape index (κ1) is 10.9. The Labute approximate surface area is 96.6 Å². The zero-order valence-corrected chi connectivity index (χ0v) is 9.61. The third-order valence-corrected chi connectivity index (χ3v) is 4.07. The molecule has 0 bridgehead atoms. The molecule has 1 N–H and O–H groups in total. The summed E-state index contributed by atoms with van der Waals surface area (Å²) < 4.78 is 6.27. The molecule has 1 aliphatic rings. The van der Waals surface area contributed by atoms with E-state index in [1.165, 1.54) is 11.3 Å². The van der Waals surface area contributed by atoms with Crippen LogP contribution in [0.2, 0.25) is 4.34 Å². The number of ether oxygens (including phenoxy) is 1. The molecular weight excluding hydrogens is 236 g/mol. The maximum absolute atomic E-state index is 10.5. The van der Waals surface area contributed by atoms with Crippen molar-refractivity contribution in [1.29, 1.82) is 0 Å². The van der Waals surface area contributed by atoms with Gasteiger partial charge in [-0.3, -0.25) is 4.79 Å². The first-order chi connectivity index (χ1) is 7.12. The van der Waals surface area contributed by atoms with E-state index in [1.54, 1.807) is 0 Å². The van der Waals surface area contributed by atoms with E-state index in [1.807, 2.05) is 12.1 Å². The number of carboxylic acid groups (broad SMARTS) is 1. The Morgan fingerprint density at radius 3 is 2.80 bits per heavy atom. The third kappa shape index (κ3) is 2.17. The van der Waals surface area contributed by atoms with Gasteiger partial charge in [0.15, 0.2) is 0 Å². The third-order valence-electron chi connectivity index (χ3n) is 2.65. The maximum atomic E-state index is 10.5. The summed E-state index contributed by atoms with van der Waals surface area (Å²) >= 11 is 7.33. The van der Waals surface area contributed by atoms with Gasteiger partial charge in [0.2, 0.25) is 0 Å². The minimum atomic E-state index is -0.785. The van der Waals surface area contributed by atoms with Gasteiger partial charge in [-0.1, -0.05) is 11.6 Å². The predicted octanol–water partition coefficient (Wildman–Crippen LogP) is 2.88. The Balaban J connectivity index is 2.11. The SMILES string of the molecule is O=C(O)CCC1(c2ccc(Cl)s2)CCO1. The van der Waals surface area contributed by atoms with Gasteiger partial charge in [-0.05, 0) is 18.6 Å². The molecule has 1 atom stereocenters. The number of hydrogen-bond donors (Lipinski definition) is 1. The van der Waals surface area contributed by atoms with Gasteiger partial charge in [0.25, 0.3) is 0 Å². The van der Waals surface area contributed by atoms with Gasteiger partial charge < -0.3 is 9.84 Å². The fourth-order valence-corrected chi connectivity index (χ4v) is 2.97. The summed E-state index contributed by atoms with van der Waals surface area (Å²) in [7, 11) is 0. The van der Waals surface area contributed by atoms with Crippen molar-refractivity contribution < 1.29 is 14.6 Å². The lowest BCUT2D eigenvalue weighted by molar-refractivity contribution is -0.164. The molecule has 1 aliphatic heterocycles. The van der Waals surface area contributed by atoms with E-state index in [0.29, 0.717) is 13.0 Å². The number of hydrogen-bond acceptors (Lipinski definition) is 3. The van der Waals surface area contributed by atoms with Crippen LogP contribution < -0.4 is 0 Å². The smallest absolute Gasteiger partial charge is 0.303 e. The lowest BCUT2D eigenvalue weighted by Gasteiger charge is -2.41. The number of rotatable bonds is 4. The molecular formula is C10H11ClO3S. The molecule has 0 saturated carbocycles. The van der Waals surface area contributed by atoms with Crippen molar-refractivity contribution >= 4 is 28.9 Å². The van der Waals surface area contributed by atoms with Crippen LogP contribution in [-0.4, -0.2) is 17.7 Å². The molecule has 0 amide bonds. The van der Waals surface area contributed by atoms with E-state index in [4.69, 9.17) is 21.4 Å². The Morgan fingerprint density at radius 1 is 1.67 bits per heavy atom. The van der Waals surface area contributed by atoms with Crippen LogP contribution >= 0.6 is 22.9 Å². The first-order valence-electron chi connectivity index (χ1n) is 4.74. The molecule has 0 aliphatic carbocycles. The normalized spacial score (nSPS) is 24.9. The minimum Gasteiger partial charge on any atom is -0.481 e.